The van der Waals surface area contributed by atoms with Crippen LogP contribution in [0.25, 0.3) is 0 Å². The van der Waals surface area contributed by atoms with Crippen molar-refractivity contribution in [1.82, 2.24) is 9.55 Å². The van der Waals surface area contributed by atoms with Gasteiger partial charge < -0.3 is 10.3 Å². The number of nitrogens with zero attached hydrogens (tertiary/aromatic N) is 1. The fourth-order valence-corrected chi connectivity index (χ4v) is 2.65. The lowest BCUT2D eigenvalue weighted by atomic mass is 10.2. The Morgan fingerprint density at radius 3 is 2.52 bits per heavy atom. The number of hydrogen-bond acceptors (Lipinski definition) is 2. The van der Waals surface area contributed by atoms with Gasteiger partial charge in [-0.2, -0.15) is 13.2 Å². The number of hydrogen-bond donors (Lipinski definition) is 2. The van der Waals surface area contributed by atoms with E-state index in [1.54, 1.807) is 24.3 Å². The molecule has 0 aliphatic carbocycles. The van der Waals surface area contributed by atoms with E-state index in [-0.39, 0.29) is 22.9 Å². The van der Waals surface area contributed by atoms with Crippen molar-refractivity contribution in [3.63, 3.8) is 0 Å². The van der Waals surface area contributed by atoms with Gasteiger partial charge in [0.15, 0.2) is 0 Å². The lowest BCUT2D eigenvalue weighted by Gasteiger charge is -2.12. The summed E-state index contributed by atoms with van der Waals surface area (Å²) in [6.07, 6.45) is -3.38. The topological polar surface area (TPSA) is 66.9 Å². The van der Waals surface area contributed by atoms with Crippen molar-refractivity contribution >= 4 is 23.2 Å². The van der Waals surface area contributed by atoms with E-state index in [2.05, 4.69) is 10.3 Å². The standard InChI is InChI=1S/C18H13ClF3N3O2/c19-13-7-6-12(18(20,21)22)8-14(13)24-16(26)15-9-23-17(27)25(15)10-11-4-2-1-3-5-11/h1-9H,10H2,(H,23,27)(H,24,26). The number of aromatic amines is 1. The van der Waals surface area contributed by atoms with Gasteiger partial charge in [-0.1, -0.05) is 41.9 Å². The molecule has 140 valence electrons. The van der Waals surface area contributed by atoms with E-state index in [0.29, 0.717) is 0 Å². The Morgan fingerprint density at radius 1 is 1.15 bits per heavy atom. The highest BCUT2D eigenvalue weighted by Gasteiger charge is 2.31. The Kier molecular flexibility index (Phi) is 5.09. The lowest BCUT2D eigenvalue weighted by molar-refractivity contribution is -0.137. The van der Waals surface area contributed by atoms with E-state index in [9.17, 15) is 22.8 Å². The number of anilines is 1. The maximum Gasteiger partial charge on any atom is 0.416 e. The molecule has 0 saturated carbocycles. The number of H-pyrrole nitrogens is 1. The van der Waals surface area contributed by atoms with Gasteiger partial charge >= 0.3 is 11.9 Å². The van der Waals surface area contributed by atoms with Crippen LogP contribution in [0.2, 0.25) is 5.02 Å². The van der Waals surface area contributed by atoms with E-state index < -0.39 is 23.3 Å². The molecule has 5 nitrogen and oxygen atoms in total. The van der Waals surface area contributed by atoms with Gasteiger partial charge in [0, 0.05) is 6.20 Å². The predicted octanol–water partition coefficient (Wildman–Crippen LogP) is 4.15. The molecule has 0 fully saturated rings. The Hall–Kier alpha value is -3.00. The van der Waals surface area contributed by atoms with E-state index >= 15 is 0 Å². The van der Waals surface area contributed by atoms with Crippen LogP contribution in [-0.2, 0) is 12.7 Å². The van der Waals surface area contributed by atoms with Gasteiger partial charge in [0.2, 0.25) is 0 Å². The Labute approximate surface area is 156 Å². The highest BCUT2D eigenvalue weighted by atomic mass is 35.5. The quantitative estimate of drug-likeness (QED) is 0.697. The molecule has 0 aliphatic rings. The first-order chi connectivity index (χ1) is 12.8. The average molecular weight is 396 g/mol. The largest absolute Gasteiger partial charge is 0.416 e. The summed E-state index contributed by atoms with van der Waals surface area (Å²) in [5, 5.41) is 2.28. The van der Waals surface area contributed by atoms with Gasteiger partial charge in [-0.3, -0.25) is 9.36 Å². The second-order valence-electron chi connectivity index (χ2n) is 5.70. The third kappa shape index (κ3) is 4.22. The predicted molar refractivity (Wildman–Crippen MR) is 95.0 cm³/mol. The smallest absolute Gasteiger partial charge is 0.319 e. The van der Waals surface area contributed by atoms with E-state index in [4.69, 9.17) is 11.6 Å². The average Bonchev–Trinajstić information content (AvgIpc) is 2.97. The van der Waals surface area contributed by atoms with Crippen molar-refractivity contribution in [3.05, 3.63) is 87.1 Å². The molecule has 3 aromatic rings. The van der Waals surface area contributed by atoms with E-state index in [0.717, 1.165) is 23.8 Å². The third-order valence-electron chi connectivity index (χ3n) is 3.83. The number of imidazole rings is 1. The number of halogens is 4. The Bertz CT molecular complexity index is 1030. The molecule has 0 saturated heterocycles. The molecule has 0 bridgehead atoms. The number of amides is 1. The van der Waals surface area contributed by atoms with Crippen LogP contribution in [0.15, 0.2) is 59.5 Å². The van der Waals surface area contributed by atoms with E-state index in [1.807, 2.05) is 6.07 Å². The van der Waals surface area contributed by atoms with Gasteiger partial charge in [-0.25, -0.2) is 4.79 Å². The zero-order valence-electron chi connectivity index (χ0n) is 13.7. The molecule has 0 radical (unpaired) electrons. The highest BCUT2D eigenvalue weighted by molar-refractivity contribution is 6.33. The fraction of sp³-hybridized carbons (Fsp3) is 0.111. The minimum Gasteiger partial charge on any atom is -0.319 e. The molecule has 27 heavy (non-hydrogen) atoms. The summed E-state index contributed by atoms with van der Waals surface area (Å²) in [5.41, 5.74) is -0.906. The van der Waals surface area contributed by atoms with Crippen molar-refractivity contribution < 1.29 is 18.0 Å². The molecule has 0 atom stereocenters. The Balaban J connectivity index is 1.89. The molecule has 0 unspecified atom stereocenters. The summed E-state index contributed by atoms with van der Waals surface area (Å²) in [6.45, 7) is 0.127. The number of carbonyl (C=O) groups excluding carboxylic acids is 1. The van der Waals surface area contributed by atoms with Crippen molar-refractivity contribution in [2.45, 2.75) is 12.7 Å². The number of alkyl halides is 3. The van der Waals surface area contributed by atoms with Crippen molar-refractivity contribution in [2.75, 3.05) is 5.32 Å². The van der Waals surface area contributed by atoms with Crippen molar-refractivity contribution in [2.24, 2.45) is 0 Å². The van der Waals surface area contributed by atoms with Gasteiger partial charge in [0.1, 0.15) is 5.69 Å². The fourth-order valence-electron chi connectivity index (χ4n) is 2.49. The molecule has 1 amide bonds. The van der Waals surface area contributed by atoms with Crippen LogP contribution in [0.4, 0.5) is 18.9 Å². The minimum absolute atomic E-state index is 0.0302. The van der Waals surface area contributed by atoms with Crippen LogP contribution in [0.5, 0.6) is 0 Å². The first-order valence-electron chi connectivity index (χ1n) is 7.76. The molecule has 2 N–H and O–H groups in total. The number of benzene rings is 2. The first kappa shape index (κ1) is 18.8. The molecule has 2 aromatic carbocycles. The summed E-state index contributed by atoms with van der Waals surface area (Å²) in [7, 11) is 0. The molecular formula is C18H13ClF3N3O2. The molecule has 1 heterocycles. The zero-order valence-corrected chi connectivity index (χ0v) is 14.4. The molecule has 0 aliphatic heterocycles. The maximum absolute atomic E-state index is 12.9. The van der Waals surface area contributed by atoms with E-state index in [1.165, 1.54) is 10.8 Å². The molecule has 3 rings (SSSR count). The summed E-state index contributed by atoms with van der Waals surface area (Å²) < 4.78 is 39.8. The van der Waals surface area contributed by atoms with Crippen LogP contribution < -0.4 is 11.0 Å². The summed E-state index contributed by atoms with van der Waals surface area (Å²) >= 11 is 5.89. The molecule has 1 aromatic heterocycles. The number of nitrogens with one attached hydrogen (secondary N) is 2. The molecule has 9 heteroatoms. The first-order valence-corrected chi connectivity index (χ1v) is 8.14. The van der Waals surface area contributed by atoms with Crippen LogP contribution in [0.3, 0.4) is 0 Å². The van der Waals surface area contributed by atoms with Crippen LogP contribution in [0, 0.1) is 0 Å². The number of aromatic nitrogens is 2. The second kappa shape index (κ2) is 7.32. The SMILES string of the molecule is O=C(Nc1cc(C(F)(F)F)ccc1Cl)c1c[nH]c(=O)n1Cc1ccccc1. The number of rotatable bonds is 4. The molecule has 0 spiro atoms. The normalized spacial score (nSPS) is 11.4. The lowest BCUT2D eigenvalue weighted by Crippen LogP contribution is -2.24. The van der Waals surface area contributed by atoms with Gasteiger partial charge in [0.25, 0.3) is 5.91 Å². The van der Waals surface area contributed by atoms with Crippen molar-refractivity contribution in [1.29, 1.82) is 0 Å². The van der Waals surface area contributed by atoms with Crippen LogP contribution >= 0.6 is 11.6 Å². The second-order valence-corrected chi connectivity index (χ2v) is 6.10. The summed E-state index contributed by atoms with van der Waals surface area (Å²) in [5.74, 6) is -0.759. The monoisotopic (exact) mass is 395 g/mol. The zero-order chi connectivity index (χ0) is 19.6. The van der Waals surface area contributed by atoms with Crippen LogP contribution in [-0.4, -0.2) is 15.5 Å². The van der Waals surface area contributed by atoms with Gasteiger partial charge in [-0.05, 0) is 23.8 Å². The Morgan fingerprint density at radius 2 is 1.85 bits per heavy atom. The molecular weight excluding hydrogens is 383 g/mol. The van der Waals surface area contributed by atoms with Crippen molar-refractivity contribution in [3.8, 4) is 0 Å². The van der Waals surface area contributed by atoms with Gasteiger partial charge in [0.05, 0.1) is 22.8 Å². The maximum atomic E-state index is 12.9. The van der Waals surface area contributed by atoms with Gasteiger partial charge in [-0.15, -0.1) is 0 Å². The number of carbonyl (C=O) groups is 1. The summed E-state index contributed by atoms with van der Waals surface area (Å²) in [6, 6.07) is 11.6. The summed E-state index contributed by atoms with van der Waals surface area (Å²) in [4.78, 5) is 26.9. The highest BCUT2D eigenvalue weighted by Crippen LogP contribution is 2.33. The minimum atomic E-state index is -4.58. The third-order valence-corrected chi connectivity index (χ3v) is 4.16. The van der Waals surface area contributed by atoms with Crippen LogP contribution in [0.1, 0.15) is 21.6 Å².